The van der Waals surface area contributed by atoms with Crippen molar-refractivity contribution in [2.75, 3.05) is 18.0 Å². The van der Waals surface area contributed by atoms with Crippen LogP contribution in [0.25, 0.3) is 0 Å². The van der Waals surface area contributed by atoms with Crippen LogP contribution in [-0.2, 0) is 31.2 Å². The van der Waals surface area contributed by atoms with Crippen LogP contribution >= 0.6 is 15.9 Å². The summed E-state index contributed by atoms with van der Waals surface area (Å²) in [4.78, 5) is 11.7. The third-order valence-electron chi connectivity index (χ3n) is 4.16. The third-order valence-corrected chi connectivity index (χ3v) is 7.58. The Labute approximate surface area is 165 Å². The van der Waals surface area contributed by atoms with Crippen LogP contribution in [0, 0.1) is 0 Å². The first-order valence-corrected chi connectivity index (χ1v) is 11.4. The van der Waals surface area contributed by atoms with Crippen molar-refractivity contribution in [2.45, 2.75) is 16.2 Å². The van der Waals surface area contributed by atoms with Crippen molar-refractivity contribution in [1.29, 1.82) is 0 Å². The van der Waals surface area contributed by atoms with Crippen molar-refractivity contribution in [3.63, 3.8) is 0 Å². The molecule has 0 fully saturated rings. The summed E-state index contributed by atoms with van der Waals surface area (Å²) in [7, 11) is -6.63. The van der Waals surface area contributed by atoms with Gasteiger partial charge in [0.2, 0.25) is 10.0 Å². The molecule has 1 aliphatic rings. The Morgan fingerprint density at radius 1 is 1.11 bits per heavy atom. The standard InChI is InChI=1S/C16H15BrN2O6S2/c1-25-16(20)13-9-12(2-4-14(13)17)27(23,24)19-7-6-10-8-11(26(18,21)22)3-5-15(10)19/h2-5,8-9H,6-7H2,1H3,(H2,18,21,22). The van der Waals surface area contributed by atoms with Crippen LogP contribution in [0.3, 0.4) is 0 Å². The maximum atomic E-state index is 13.1. The predicted molar refractivity (Wildman–Crippen MR) is 102 cm³/mol. The topological polar surface area (TPSA) is 124 Å². The Morgan fingerprint density at radius 3 is 2.41 bits per heavy atom. The van der Waals surface area contributed by atoms with E-state index in [1.165, 1.54) is 47.8 Å². The van der Waals surface area contributed by atoms with Crippen molar-refractivity contribution >= 4 is 47.6 Å². The molecular formula is C16H15BrN2O6S2. The van der Waals surface area contributed by atoms with Gasteiger partial charge in [0.05, 0.1) is 28.2 Å². The average Bonchev–Trinajstić information content (AvgIpc) is 3.04. The largest absolute Gasteiger partial charge is 0.465 e. The second kappa shape index (κ2) is 6.89. The number of ether oxygens (including phenoxy) is 1. The molecule has 0 atom stereocenters. The molecule has 0 radical (unpaired) electrons. The molecule has 3 rings (SSSR count). The Kier molecular flexibility index (Phi) is 5.06. The third kappa shape index (κ3) is 3.59. The molecule has 0 saturated heterocycles. The Morgan fingerprint density at radius 2 is 1.78 bits per heavy atom. The minimum atomic E-state index is -3.96. The number of anilines is 1. The molecular weight excluding hydrogens is 460 g/mol. The maximum absolute atomic E-state index is 13.1. The Balaban J connectivity index is 2.05. The number of fused-ring (bicyclic) bond motifs is 1. The van der Waals surface area contributed by atoms with Crippen molar-refractivity contribution < 1.29 is 26.4 Å². The number of rotatable bonds is 4. The SMILES string of the molecule is COC(=O)c1cc(S(=O)(=O)N2CCc3cc(S(N)(=O)=O)ccc32)ccc1Br. The fourth-order valence-corrected chi connectivity index (χ4v) is 5.34. The van der Waals surface area contributed by atoms with Gasteiger partial charge in [0, 0.05) is 11.0 Å². The van der Waals surface area contributed by atoms with Gasteiger partial charge in [-0.2, -0.15) is 0 Å². The van der Waals surface area contributed by atoms with Crippen LogP contribution in [0.4, 0.5) is 5.69 Å². The van der Waals surface area contributed by atoms with Crippen LogP contribution in [-0.4, -0.2) is 36.5 Å². The van der Waals surface area contributed by atoms with Gasteiger partial charge >= 0.3 is 5.97 Å². The summed E-state index contributed by atoms with van der Waals surface area (Å²) in [5, 5.41) is 5.13. The molecule has 0 unspecified atom stereocenters. The van der Waals surface area contributed by atoms with Gasteiger partial charge in [-0.3, -0.25) is 4.31 Å². The predicted octanol–water partition coefficient (Wildman–Crippen LogP) is 1.63. The van der Waals surface area contributed by atoms with Crippen LogP contribution in [0.15, 0.2) is 50.7 Å². The monoisotopic (exact) mass is 474 g/mol. The van der Waals surface area contributed by atoms with Gasteiger partial charge in [-0.1, -0.05) is 0 Å². The highest BCUT2D eigenvalue weighted by molar-refractivity contribution is 9.10. The first-order chi connectivity index (χ1) is 12.6. The molecule has 0 spiro atoms. The van der Waals surface area contributed by atoms with Gasteiger partial charge in [-0.05, 0) is 64.3 Å². The van der Waals surface area contributed by atoms with Gasteiger partial charge < -0.3 is 4.74 Å². The minimum absolute atomic E-state index is 0.0721. The van der Waals surface area contributed by atoms with E-state index in [0.29, 0.717) is 22.1 Å². The van der Waals surface area contributed by atoms with E-state index in [1.807, 2.05) is 0 Å². The lowest BCUT2D eigenvalue weighted by atomic mass is 10.2. The quantitative estimate of drug-likeness (QED) is 0.671. The van der Waals surface area contributed by atoms with Crippen molar-refractivity contribution in [1.82, 2.24) is 0 Å². The summed E-state index contributed by atoms with van der Waals surface area (Å²) in [5.41, 5.74) is 1.03. The van der Waals surface area contributed by atoms with Gasteiger partial charge in [-0.15, -0.1) is 0 Å². The molecule has 0 amide bonds. The van der Waals surface area contributed by atoms with E-state index in [2.05, 4.69) is 20.7 Å². The van der Waals surface area contributed by atoms with E-state index >= 15 is 0 Å². The van der Waals surface area contributed by atoms with E-state index in [1.54, 1.807) is 0 Å². The number of benzene rings is 2. The summed E-state index contributed by atoms with van der Waals surface area (Å²) in [6.45, 7) is 0.148. The van der Waals surface area contributed by atoms with Gasteiger partial charge in [-0.25, -0.2) is 26.8 Å². The lowest BCUT2D eigenvalue weighted by molar-refractivity contribution is 0.0599. The molecule has 0 aliphatic carbocycles. The number of methoxy groups -OCH3 is 1. The van der Waals surface area contributed by atoms with Gasteiger partial charge in [0.25, 0.3) is 10.0 Å². The molecule has 1 aliphatic heterocycles. The molecule has 0 saturated carbocycles. The lowest BCUT2D eigenvalue weighted by Gasteiger charge is -2.20. The molecule has 2 aromatic rings. The van der Waals surface area contributed by atoms with E-state index in [4.69, 9.17) is 5.14 Å². The van der Waals surface area contributed by atoms with Crippen molar-refractivity contribution in [2.24, 2.45) is 5.14 Å². The number of esters is 1. The normalized spacial score (nSPS) is 14.1. The first-order valence-electron chi connectivity index (χ1n) is 7.62. The second-order valence-electron chi connectivity index (χ2n) is 5.80. The zero-order valence-corrected chi connectivity index (χ0v) is 17.3. The average molecular weight is 475 g/mol. The highest BCUT2D eigenvalue weighted by Gasteiger charge is 2.32. The second-order valence-corrected chi connectivity index (χ2v) is 10.1. The molecule has 2 N–H and O–H groups in total. The van der Waals surface area contributed by atoms with Crippen molar-refractivity contribution in [3.05, 3.63) is 52.0 Å². The van der Waals surface area contributed by atoms with Crippen LogP contribution < -0.4 is 9.44 Å². The Hall–Kier alpha value is -1.95. The van der Waals surface area contributed by atoms with E-state index < -0.39 is 26.0 Å². The highest BCUT2D eigenvalue weighted by atomic mass is 79.9. The zero-order chi connectivity index (χ0) is 20.0. The summed E-state index contributed by atoms with van der Waals surface area (Å²) >= 11 is 3.20. The summed E-state index contributed by atoms with van der Waals surface area (Å²) < 4.78 is 55.4. The molecule has 11 heteroatoms. The molecule has 2 aromatic carbocycles. The summed E-state index contributed by atoms with van der Waals surface area (Å²) in [5.74, 6) is -0.668. The number of primary sulfonamides is 1. The molecule has 8 nitrogen and oxygen atoms in total. The minimum Gasteiger partial charge on any atom is -0.465 e. The first kappa shape index (κ1) is 19.8. The number of carbonyl (C=O) groups excluding carboxylic acids is 1. The fourth-order valence-electron chi connectivity index (χ4n) is 2.83. The van der Waals surface area contributed by atoms with Crippen LogP contribution in [0.5, 0.6) is 0 Å². The molecule has 0 bridgehead atoms. The van der Waals surface area contributed by atoms with Crippen LogP contribution in [0.1, 0.15) is 15.9 Å². The Bertz CT molecular complexity index is 1150. The number of nitrogens with two attached hydrogens (primary N) is 1. The zero-order valence-electron chi connectivity index (χ0n) is 14.0. The summed E-state index contributed by atoms with van der Waals surface area (Å²) in [6.07, 6.45) is 0.346. The molecule has 0 aromatic heterocycles. The number of hydrogen-bond donors (Lipinski definition) is 1. The number of hydrogen-bond acceptors (Lipinski definition) is 6. The van der Waals surface area contributed by atoms with Gasteiger partial charge in [0.15, 0.2) is 0 Å². The van der Waals surface area contributed by atoms with E-state index in [0.717, 1.165) is 0 Å². The van der Waals surface area contributed by atoms with E-state index in [-0.39, 0.29) is 21.9 Å². The van der Waals surface area contributed by atoms with E-state index in [9.17, 15) is 21.6 Å². The molecule has 144 valence electrons. The summed E-state index contributed by atoms with van der Waals surface area (Å²) in [6, 6.07) is 8.13. The van der Waals surface area contributed by atoms with Crippen molar-refractivity contribution in [3.8, 4) is 0 Å². The molecule has 1 heterocycles. The fraction of sp³-hybridized carbons (Fsp3) is 0.188. The van der Waals surface area contributed by atoms with Gasteiger partial charge in [0.1, 0.15) is 0 Å². The van der Waals surface area contributed by atoms with Crippen LogP contribution in [0.2, 0.25) is 0 Å². The highest BCUT2D eigenvalue weighted by Crippen LogP contribution is 2.35. The smallest absolute Gasteiger partial charge is 0.339 e. The molecule has 27 heavy (non-hydrogen) atoms. The maximum Gasteiger partial charge on any atom is 0.339 e. The number of sulfonamides is 2. The number of nitrogens with zero attached hydrogens (tertiary/aromatic N) is 1. The lowest BCUT2D eigenvalue weighted by Crippen LogP contribution is -2.29. The number of carbonyl (C=O) groups is 1. The number of halogens is 1.